The van der Waals surface area contributed by atoms with E-state index < -0.39 is 0 Å². The van der Waals surface area contributed by atoms with Gasteiger partial charge in [-0.15, -0.1) is 11.3 Å². The van der Waals surface area contributed by atoms with Crippen LogP contribution in [0, 0.1) is 20.8 Å². The van der Waals surface area contributed by atoms with Gasteiger partial charge in [-0.25, -0.2) is 9.67 Å². The highest BCUT2D eigenvalue weighted by Gasteiger charge is 2.15. The molecule has 2 aromatic carbocycles. The number of carbonyl (C=O) groups is 1. The fourth-order valence-corrected chi connectivity index (χ4v) is 4.57. The summed E-state index contributed by atoms with van der Waals surface area (Å²) in [6, 6.07) is 11.5. The number of amides is 1. The summed E-state index contributed by atoms with van der Waals surface area (Å²) in [5.74, 6) is -0.218. The molecular weight excluding hydrogens is 396 g/mol. The molecule has 0 radical (unpaired) electrons. The lowest BCUT2D eigenvalue weighted by Gasteiger charge is -2.09. The summed E-state index contributed by atoms with van der Waals surface area (Å²) < 4.78 is 1.27. The van der Waals surface area contributed by atoms with E-state index in [9.17, 15) is 9.59 Å². The fraction of sp³-hybridized carbons (Fsp3) is 0.217. The number of thiazole rings is 1. The normalized spacial score (nSPS) is 11.1. The molecule has 0 aliphatic carbocycles. The van der Waals surface area contributed by atoms with Crippen molar-refractivity contribution >= 4 is 33.1 Å². The fourth-order valence-electron chi connectivity index (χ4n) is 3.85. The Morgan fingerprint density at radius 1 is 1.10 bits per heavy atom. The molecule has 7 heteroatoms. The smallest absolute Gasteiger partial charge is 0.274 e. The Morgan fingerprint density at radius 3 is 2.47 bits per heavy atom. The number of carbonyl (C=O) groups excluding carboxylic acids is 1. The van der Waals surface area contributed by atoms with Gasteiger partial charge in [0.15, 0.2) is 5.13 Å². The minimum absolute atomic E-state index is 0.0616. The topological polar surface area (TPSA) is 76.9 Å². The first-order valence-electron chi connectivity index (χ1n) is 9.62. The molecule has 6 nitrogen and oxygen atoms in total. The molecular formula is C23H22N4O2S. The standard InChI is InChI=1S/C23H22N4O2S/c1-13-9-14(2)21(15(3)10-13)19-12-30-23(24-19)25-20(28)11-18-16-7-5-6-8-17(16)22(29)27(4)26-18/h5-10,12H,11H2,1-4H3,(H,24,25,28). The van der Waals surface area contributed by atoms with E-state index in [2.05, 4.69) is 48.3 Å². The Labute approximate surface area is 178 Å². The molecule has 0 aliphatic heterocycles. The molecule has 0 saturated heterocycles. The van der Waals surface area contributed by atoms with Crippen LogP contribution in [0.3, 0.4) is 0 Å². The molecule has 4 rings (SSSR count). The number of benzene rings is 2. The van der Waals surface area contributed by atoms with Crippen LogP contribution in [0.15, 0.2) is 46.6 Å². The summed E-state index contributed by atoms with van der Waals surface area (Å²) in [5, 5.41) is 10.9. The lowest BCUT2D eigenvalue weighted by atomic mass is 9.98. The first-order valence-corrected chi connectivity index (χ1v) is 10.5. The molecule has 0 atom stereocenters. The van der Waals surface area contributed by atoms with Crippen molar-refractivity contribution < 1.29 is 4.79 Å². The van der Waals surface area contributed by atoms with Gasteiger partial charge in [-0.3, -0.25) is 9.59 Å². The average molecular weight is 419 g/mol. The lowest BCUT2D eigenvalue weighted by Crippen LogP contribution is -2.24. The van der Waals surface area contributed by atoms with E-state index in [-0.39, 0.29) is 17.9 Å². The average Bonchev–Trinajstić information content (AvgIpc) is 3.12. The number of hydrogen-bond acceptors (Lipinski definition) is 5. The van der Waals surface area contributed by atoms with Gasteiger partial charge in [0.2, 0.25) is 5.91 Å². The highest BCUT2D eigenvalue weighted by Crippen LogP contribution is 2.31. The number of hydrogen-bond donors (Lipinski definition) is 1. The first kappa shape index (κ1) is 20.0. The van der Waals surface area contributed by atoms with Crippen molar-refractivity contribution in [2.75, 3.05) is 5.32 Å². The lowest BCUT2D eigenvalue weighted by molar-refractivity contribution is -0.115. The van der Waals surface area contributed by atoms with E-state index in [0.29, 0.717) is 21.6 Å². The first-order chi connectivity index (χ1) is 14.3. The monoisotopic (exact) mass is 418 g/mol. The van der Waals surface area contributed by atoms with Gasteiger partial charge in [0.25, 0.3) is 5.56 Å². The maximum Gasteiger partial charge on any atom is 0.274 e. The van der Waals surface area contributed by atoms with Crippen LogP contribution in [0.25, 0.3) is 22.0 Å². The number of anilines is 1. The molecule has 2 aromatic heterocycles. The zero-order valence-electron chi connectivity index (χ0n) is 17.3. The molecule has 30 heavy (non-hydrogen) atoms. The number of aryl methyl sites for hydroxylation is 4. The van der Waals surface area contributed by atoms with E-state index in [1.165, 1.54) is 21.6 Å². The molecule has 152 valence electrons. The molecule has 0 saturated carbocycles. The predicted molar refractivity (Wildman–Crippen MR) is 121 cm³/mol. The van der Waals surface area contributed by atoms with Gasteiger partial charge in [0, 0.05) is 23.4 Å². The quantitative estimate of drug-likeness (QED) is 0.540. The second-order valence-electron chi connectivity index (χ2n) is 7.46. The predicted octanol–water partition coefficient (Wildman–Crippen LogP) is 4.16. The highest BCUT2D eigenvalue weighted by molar-refractivity contribution is 7.14. The van der Waals surface area contributed by atoms with Crippen molar-refractivity contribution in [3.63, 3.8) is 0 Å². The van der Waals surface area contributed by atoms with Crippen LogP contribution in [0.4, 0.5) is 5.13 Å². The van der Waals surface area contributed by atoms with E-state index >= 15 is 0 Å². The van der Waals surface area contributed by atoms with E-state index in [1.807, 2.05) is 17.5 Å². The summed E-state index contributed by atoms with van der Waals surface area (Å²) in [6.45, 7) is 6.22. The van der Waals surface area contributed by atoms with Crippen LogP contribution in [-0.2, 0) is 18.3 Å². The van der Waals surface area contributed by atoms with Crippen LogP contribution in [0.2, 0.25) is 0 Å². The second-order valence-corrected chi connectivity index (χ2v) is 8.32. The Bertz CT molecular complexity index is 1310. The summed E-state index contributed by atoms with van der Waals surface area (Å²) in [4.78, 5) is 29.6. The Hall–Kier alpha value is -3.32. The number of aromatic nitrogens is 3. The molecule has 0 aliphatic rings. The minimum Gasteiger partial charge on any atom is -0.302 e. The molecule has 1 amide bonds. The largest absolute Gasteiger partial charge is 0.302 e. The zero-order valence-corrected chi connectivity index (χ0v) is 18.1. The van der Waals surface area contributed by atoms with Crippen LogP contribution >= 0.6 is 11.3 Å². The molecule has 1 N–H and O–H groups in total. The molecule has 2 heterocycles. The third-order valence-corrected chi connectivity index (χ3v) is 5.80. The minimum atomic E-state index is -0.218. The van der Waals surface area contributed by atoms with Gasteiger partial charge < -0.3 is 5.32 Å². The van der Waals surface area contributed by atoms with Crippen molar-refractivity contribution in [3.05, 3.63) is 74.5 Å². The summed E-state index contributed by atoms with van der Waals surface area (Å²) in [5.41, 5.74) is 5.89. The van der Waals surface area contributed by atoms with Crippen molar-refractivity contribution in [1.29, 1.82) is 0 Å². The van der Waals surface area contributed by atoms with Crippen molar-refractivity contribution in [3.8, 4) is 11.3 Å². The van der Waals surface area contributed by atoms with Gasteiger partial charge in [0.05, 0.1) is 23.2 Å². The Kier molecular flexibility index (Phi) is 5.22. The Balaban J connectivity index is 1.58. The summed E-state index contributed by atoms with van der Waals surface area (Å²) >= 11 is 1.40. The number of nitrogens with one attached hydrogen (secondary N) is 1. The SMILES string of the molecule is Cc1cc(C)c(-c2csc(NC(=O)Cc3nn(C)c(=O)c4ccccc34)n2)c(C)c1. The van der Waals surface area contributed by atoms with E-state index in [1.54, 1.807) is 19.2 Å². The van der Waals surface area contributed by atoms with E-state index in [4.69, 9.17) is 0 Å². The van der Waals surface area contributed by atoms with Gasteiger partial charge in [-0.05, 0) is 38.0 Å². The van der Waals surface area contributed by atoms with Crippen molar-refractivity contribution in [2.45, 2.75) is 27.2 Å². The third-order valence-electron chi connectivity index (χ3n) is 5.04. The van der Waals surface area contributed by atoms with Crippen LogP contribution in [0.5, 0.6) is 0 Å². The van der Waals surface area contributed by atoms with Crippen LogP contribution in [0.1, 0.15) is 22.4 Å². The highest BCUT2D eigenvalue weighted by atomic mass is 32.1. The maximum atomic E-state index is 12.7. The van der Waals surface area contributed by atoms with Gasteiger partial charge >= 0.3 is 0 Å². The van der Waals surface area contributed by atoms with Gasteiger partial charge in [-0.1, -0.05) is 35.9 Å². The number of rotatable bonds is 4. The van der Waals surface area contributed by atoms with E-state index in [0.717, 1.165) is 22.4 Å². The van der Waals surface area contributed by atoms with Crippen molar-refractivity contribution in [2.24, 2.45) is 7.05 Å². The molecule has 0 fully saturated rings. The molecule has 4 aromatic rings. The molecule has 0 spiro atoms. The second kappa shape index (κ2) is 7.84. The van der Waals surface area contributed by atoms with Crippen LogP contribution < -0.4 is 10.9 Å². The number of nitrogens with zero attached hydrogens (tertiary/aromatic N) is 3. The van der Waals surface area contributed by atoms with Crippen LogP contribution in [-0.4, -0.2) is 20.7 Å². The number of fused-ring (bicyclic) bond motifs is 1. The zero-order chi connectivity index (χ0) is 21.4. The molecule has 0 bridgehead atoms. The third kappa shape index (κ3) is 3.76. The van der Waals surface area contributed by atoms with Gasteiger partial charge in [-0.2, -0.15) is 5.10 Å². The molecule has 0 unspecified atom stereocenters. The Morgan fingerprint density at radius 2 is 1.77 bits per heavy atom. The van der Waals surface area contributed by atoms with Gasteiger partial charge in [0.1, 0.15) is 0 Å². The summed E-state index contributed by atoms with van der Waals surface area (Å²) in [7, 11) is 1.59. The maximum absolute atomic E-state index is 12.7. The summed E-state index contributed by atoms with van der Waals surface area (Å²) in [6.07, 6.45) is 0.0616. The van der Waals surface area contributed by atoms with Crippen molar-refractivity contribution in [1.82, 2.24) is 14.8 Å².